The van der Waals surface area contributed by atoms with Gasteiger partial charge in [0.25, 0.3) is 5.91 Å². The van der Waals surface area contributed by atoms with Crippen molar-refractivity contribution < 1.29 is 32.6 Å². The third kappa shape index (κ3) is 8.77. The molecule has 5 rings (SSSR count). The lowest BCUT2D eigenvalue weighted by molar-refractivity contribution is -0.134. The lowest BCUT2D eigenvalue weighted by atomic mass is 9.88. The fraction of sp³-hybridized carbons (Fsp3) is 0.457. The van der Waals surface area contributed by atoms with E-state index in [2.05, 4.69) is 4.98 Å². The van der Waals surface area contributed by atoms with Crippen LogP contribution in [0.2, 0.25) is 5.02 Å². The van der Waals surface area contributed by atoms with Crippen LogP contribution in [0, 0.1) is 18.6 Å². The first-order chi connectivity index (χ1) is 23.2. The van der Waals surface area contributed by atoms with Gasteiger partial charge in [-0.25, -0.2) is 13.8 Å². The van der Waals surface area contributed by atoms with Crippen LogP contribution in [0.4, 0.5) is 8.78 Å². The molecule has 4 aromatic rings. The van der Waals surface area contributed by atoms with Gasteiger partial charge in [-0.15, -0.1) is 22.7 Å². The van der Waals surface area contributed by atoms with Crippen LogP contribution in [-0.2, 0) is 25.5 Å². The number of benzene rings is 2. The number of aryl methyl sites for hydroxylation is 1. The Hall–Kier alpha value is -3.00. The number of hydrogen-bond donors (Lipinski definition) is 0. The Labute approximate surface area is 292 Å². The molecule has 0 bridgehead atoms. The zero-order valence-electron chi connectivity index (χ0n) is 27.3. The molecule has 0 saturated heterocycles. The minimum Gasteiger partial charge on any atom is -0.382 e. The molecule has 2 heterocycles. The number of carbonyl (C=O) groups excluding carboxylic acids is 2. The SMILES string of the molecule is COCCOCCOCCC(=O)N(C)C1CCC(N(Cc2cccc(-c3nc(C)cs3)c2)C(=O)c2sc3c(F)ccc(F)c3c2Cl)CC1. The first-order valence-corrected chi connectivity index (χ1v) is 18.0. The first kappa shape index (κ1) is 36.3. The summed E-state index contributed by atoms with van der Waals surface area (Å²) in [5, 5.41) is 2.74. The Balaban J connectivity index is 1.28. The van der Waals surface area contributed by atoms with E-state index in [1.54, 1.807) is 28.2 Å². The summed E-state index contributed by atoms with van der Waals surface area (Å²) < 4.78 is 45.3. The van der Waals surface area contributed by atoms with Crippen LogP contribution in [0.15, 0.2) is 41.8 Å². The number of thiophene rings is 1. The Bertz CT molecular complexity index is 1710. The molecule has 8 nitrogen and oxygen atoms in total. The van der Waals surface area contributed by atoms with Crippen LogP contribution in [-0.4, -0.2) is 85.9 Å². The molecule has 1 saturated carbocycles. The summed E-state index contributed by atoms with van der Waals surface area (Å²) in [4.78, 5) is 35.5. The normalized spacial score (nSPS) is 16.4. The Morgan fingerprint density at radius 1 is 0.979 bits per heavy atom. The standard InChI is InChI=1S/C35H40ClF2N3O5S2/c1-22-21-47-34(39-22)24-6-4-5-23(19-24)20-41(35(43)33-31(36)30-27(37)11-12-28(38)32(30)48-33)26-9-7-25(8-10-26)40(2)29(42)13-14-45-17-18-46-16-15-44-3/h4-6,11-12,19,21,25-26H,7-10,13-18,20H2,1-3H3. The van der Waals surface area contributed by atoms with Gasteiger partial charge in [-0.3, -0.25) is 9.59 Å². The van der Waals surface area contributed by atoms with Gasteiger partial charge in [0, 0.05) is 49.4 Å². The molecule has 2 aromatic carbocycles. The molecule has 0 radical (unpaired) electrons. The van der Waals surface area contributed by atoms with Gasteiger partial charge in [0.1, 0.15) is 21.5 Å². The van der Waals surface area contributed by atoms with Gasteiger partial charge < -0.3 is 24.0 Å². The Morgan fingerprint density at radius 3 is 2.35 bits per heavy atom. The van der Waals surface area contributed by atoms with Crippen molar-refractivity contribution in [2.45, 2.75) is 57.7 Å². The van der Waals surface area contributed by atoms with Crippen molar-refractivity contribution in [3.8, 4) is 10.6 Å². The zero-order chi connectivity index (χ0) is 34.2. The molecule has 13 heteroatoms. The molecule has 258 valence electrons. The number of rotatable bonds is 15. The molecule has 48 heavy (non-hydrogen) atoms. The number of ether oxygens (including phenoxy) is 3. The minimum absolute atomic E-state index is 0.00188. The van der Waals surface area contributed by atoms with Gasteiger partial charge in [0.05, 0.1) is 54.6 Å². The smallest absolute Gasteiger partial charge is 0.266 e. The van der Waals surface area contributed by atoms with Crippen LogP contribution >= 0.6 is 34.3 Å². The van der Waals surface area contributed by atoms with Gasteiger partial charge in [0.2, 0.25) is 5.91 Å². The van der Waals surface area contributed by atoms with Gasteiger partial charge in [0.15, 0.2) is 0 Å². The molecule has 1 fully saturated rings. The van der Waals surface area contributed by atoms with Crippen molar-refractivity contribution in [2.24, 2.45) is 0 Å². The highest BCUT2D eigenvalue weighted by Crippen LogP contribution is 2.40. The highest BCUT2D eigenvalue weighted by Gasteiger charge is 2.34. The van der Waals surface area contributed by atoms with E-state index in [4.69, 9.17) is 25.8 Å². The predicted octanol–water partition coefficient (Wildman–Crippen LogP) is 7.75. The number of carbonyl (C=O) groups is 2. The molecule has 0 unspecified atom stereocenters. The van der Waals surface area contributed by atoms with Gasteiger partial charge >= 0.3 is 0 Å². The number of methoxy groups -OCH3 is 1. The van der Waals surface area contributed by atoms with E-state index in [1.165, 1.54) is 0 Å². The molecule has 0 spiro atoms. The molecular weight excluding hydrogens is 680 g/mol. The fourth-order valence-corrected chi connectivity index (χ4v) is 8.28. The summed E-state index contributed by atoms with van der Waals surface area (Å²) >= 11 is 9.03. The third-order valence-electron chi connectivity index (χ3n) is 8.59. The number of halogens is 3. The van der Waals surface area contributed by atoms with Gasteiger partial charge in [-0.05, 0) is 56.4 Å². The second-order valence-corrected chi connectivity index (χ2v) is 14.1. The molecule has 0 atom stereocenters. The van der Waals surface area contributed by atoms with E-state index in [0.717, 1.165) is 45.3 Å². The highest BCUT2D eigenvalue weighted by atomic mass is 35.5. The largest absolute Gasteiger partial charge is 0.382 e. The minimum atomic E-state index is -0.668. The topological polar surface area (TPSA) is 81.2 Å². The summed E-state index contributed by atoms with van der Waals surface area (Å²) in [6.07, 6.45) is 2.98. The number of aromatic nitrogens is 1. The maximum Gasteiger partial charge on any atom is 0.266 e. The van der Waals surface area contributed by atoms with E-state index in [1.807, 2.05) is 43.6 Å². The molecule has 2 aromatic heterocycles. The zero-order valence-corrected chi connectivity index (χ0v) is 29.7. The monoisotopic (exact) mass is 719 g/mol. The van der Waals surface area contributed by atoms with Crippen molar-refractivity contribution >= 4 is 56.2 Å². The van der Waals surface area contributed by atoms with Crippen LogP contribution in [0.3, 0.4) is 0 Å². The number of hydrogen-bond acceptors (Lipinski definition) is 8. The summed E-state index contributed by atoms with van der Waals surface area (Å²) in [5.74, 6) is -1.66. The van der Waals surface area contributed by atoms with Gasteiger partial charge in [-0.1, -0.05) is 29.8 Å². The summed E-state index contributed by atoms with van der Waals surface area (Å²) in [6, 6.07) is 9.85. The Kier molecular flexibility index (Phi) is 12.9. The molecular formula is C35H40ClF2N3O5S2. The fourth-order valence-electron chi connectivity index (χ4n) is 5.98. The van der Waals surface area contributed by atoms with Crippen molar-refractivity contribution in [2.75, 3.05) is 47.2 Å². The van der Waals surface area contributed by atoms with Crippen molar-refractivity contribution in [1.82, 2.24) is 14.8 Å². The predicted molar refractivity (Wildman–Crippen MR) is 186 cm³/mol. The average Bonchev–Trinajstić information content (AvgIpc) is 3.69. The quantitative estimate of drug-likeness (QED) is 0.117. The van der Waals surface area contributed by atoms with E-state index in [9.17, 15) is 18.4 Å². The summed E-state index contributed by atoms with van der Waals surface area (Å²) in [5.41, 5.74) is 2.79. The van der Waals surface area contributed by atoms with Crippen LogP contribution in [0.1, 0.15) is 53.0 Å². The second-order valence-electron chi connectivity index (χ2n) is 11.8. The van der Waals surface area contributed by atoms with E-state index in [0.29, 0.717) is 58.7 Å². The van der Waals surface area contributed by atoms with Crippen LogP contribution in [0.5, 0.6) is 0 Å². The lowest BCUT2D eigenvalue weighted by Gasteiger charge is -2.39. The molecule has 0 N–H and O–H groups in total. The van der Waals surface area contributed by atoms with Crippen molar-refractivity contribution in [1.29, 1.82) is 0 Å². The number of fused-ring (bicyclic) bond motifs is 1. The highest BCUT2D eigenvalue weighted by molar-refractivity contribution is 7.21. The second kappa shape index (κ2) is 17.1. The Morgan fingerprint density at radius 2 is 1.67 bits per heavy atom. The van der Waals surface area contributed by atoms with Crippen molar-refractivity contribution in [3.05, 3.63) is 74.6 Å². The van der Waals surface area contributed by atoms with Crippen molar-refractivity contribution in [3.63, 3.8) is 0 Å². The molecule has 0 aliphatic heterocycles. The van der Waals surface area contributed by atoms with E-state index >= 15 is 0 Å². The third-order valence-corrected chi connectivity index (χ3v) is 11.3. The number of nitrogens with zero attached hydrogens (tertiary/aromatic N) is 3. The first-order valence-electron chi connectivity index (χ1n) is 16.0. The maximum atomic E-state index is 14.7. The van der Waals surface area contributed by atoms with E-state index < -0.39 is 11.6 Å². The molecule has 1 aliphatic rings. The lowest BCUT2D eigenvalue weighted by Crippen LogP contribution is -2.46. The van der Waals surface area contributed by atoms with Gasteiger partial charge in [-0.2, -0.15) is 0 Å². The number of thiazole rings is 1. The van der Waals surface area contributed by atoms with E-state index in [-0.39, 0.29) is 56.8 Å². The van der Waals surface area contributed by atoms with Crippen LogP contribution in [0.25, 0.3) is 20.7 Å². The maximum absolute atomic E-state index is 14.7. The number of amides is 2. The average molecular weight is 720 g/mol. The molecule has 1 aliphatic carbocycles. The van der Waals surface area contributed by atoms with Crippen LogP contribution < -0.4 is 0 Å². The molecule has 2 amide bonds. The summed E-state index contributed by atoms with van der Waals surface area (Å²) in [6.45, 7) is 4.41. The summed E-state index contributed by atoms with van der Waals surface area (Å²) in [7, 11) is 3.43.